The van der Waals surface area contributed by atoms with Crippen molar-refractivity contribution in [3.8, 4) is 0 Å². The highest BCUT2D eigenvalue weighted by Gasteiger charge is 2.52. The minimum atomic E-state index is -1.47. The average Bonchev–Trinajstić information content (AvgIpc) is 2.98. The smallest absolute Gasteiger partial charge is 0.258 e. The highest BCUT2D eigenvalue weighted by atomic mass is 16.2. The monoisotopic (exact) mass is 427 g/mol. The first kappa shape index (κ1) is 21.3. The number of amides is 3. The Bertz CT molecular complexity index is 1160. The molecule has 0 radical (unpaired) electrons. The van der Waals surface area contributed by atoms with Crippen molar-refractivity contribution in [2.75, 3.05) is 10.2 Å². The summed E-state index contributed by atoms with van der Waals surface area (Å²) >= 11 is 0. The Morgan fingerprint density at radius 1 is 0.906 bits per heavy atom. The van der Waals surface area contributed by atoms with E-state index in [1.807, 2.05) is 79.7 Å². The van der Waals surface area contributed by atoms with Gasteiger partial charge in [-0.1, -0.05) is 66.2 Å². The van der Waals surface area contributed by atoms with Gasteiger partial charge >= 0.3 is 0 Å². The van der Waals surface area contributed by atoms with Crippen molar-refractivity contribution < 1.29 is 14.4 Å². The Labute approximate surface area is 187 Å². The summed E-state index contributed by atoms with van der Waals surface area (Å²) in [6.07, 6.45) is -0.207. The highest BCUT2D eigenvalue weighted by molar-refractivity contribution is 6.12. The average molecular weight is 428 g/mol. The fraction of sp³-hybridized carbons (Fsp3) is 0.192. The molecular formula is C26H25N3O3. The maximum atomic E-state index is 13.8. The first-order valence-corrected chi connectivity index (χ1v) is 10.5. The zero-order chi connectivity index (χ0) is 22.7. The number of hydrogen-bond donors (Lipinski definition) is 2. The Kier molecular flexibility index (Phi) is 5.77. The third-order valence-corrected chi connectivity index (χ3v) is 5.60. The molecule has 3 aromatic carbocycles. The molecular weight excluding hydrogens is 402 g/mol. The van der Waals surface area contributed by atoms with Crippen LogP contribution in [0.2, 0.25) is 0 Å². The molecule has 0 fully saturated rings. The van der Waals surface area contributed by atoms with Gasteiger partial charge < -0.3 is 15.5 Å². The fourth-order valence-corrected chi connectivity index (χ4v) is 4.17. The number of carbonyl (C=O) groups excluding carboxylic acids is 3. The zero-order valence-corrected chi connectivity index (χ0v) is 18.1. The van der Waals surface area contributed by atoms with Crippen LogP contribution in [0.1, 0.15) is 30.0 Å². The van der Waals surface area contributed by atoms with E-state index in [9.17, 15) is 14.4 Å². The number of rotatable bonds is 6. The lowest BCUT2D eigenvalue weighted by Gasteiger charge is -2.29. The molecule has 4 rings (SSSR count). The van der Waals surface area contributed by atoms with E-state index in [0.717, 1.165) is 11.1 Å². The van der Waals surface area contributed by atoms with Gasteiger partial charge in [-0.25, -0.2) is 0 Å². The molecule has 1 atom stereocenters. The molecule has 3 aromatic rings. The Morgan fingerprint density at radius 2 is 1.56 bits per heavy atom. The molecule has 6 heteroatoms. The van der Waals surface area contributed by atoms with E-state index >= 15 is 0 Å². The molecule has 162 valence electrons. The summed E-state index contributed by atoms with van der Waals surface area (Å²) in [6, 6.07) is 24.4. The molecule has 0 aromatic heterocycles. The second-order valence-electron chi connectivity index (χ2n) is 8.07. The first-order chi connectivity index (χ1) is 15.4. The first-order valence-electron chi connectivity index (χ1n) is 10.5. The van der Waals surface area contributed by atoms with Crippen molar-refractivity contribution in [2.24, 2.45) is 0 Å². The predicted octanol–water partition coefficient (Wildman–Crippen LogP) is 3.90. The number of para-hydroxylation sites is 1. The number of aryl methyl sites for hydroxylation is 1. The van der Waals surface area contributed by atoms with Crippen molar-refractivity contribution in [1.82, 2.24) is 5.32 Å². The van der Waals surface area contributed by atoms with Gasteiger partial charge in [-0.2, -0.15) is 0 Å². The summed E-state index contributed by atoms with van der Waals surface area (Å²) < 4.78 is 0. The minimum Gasteiger partial charge on any atom is -0.338 e. The van der Waals surface area contributed by atoms with Crippen LogP contribution in [0.3, 0.4) is 0 Å². The summed E-state index contributed by atoms with van der Waals surface area (Å²) in [5, 5.41) is 5.66. The van der Waals surface area contributed by atoms with Crippen LogP contribution in [0.4, 0.5) is 11.4 Å². The van der Waals surface area contributed by atoms with Crippen LogP contribution in [0, 0.1) is 6.92 Å². The molecule has 2 N–H and O–H groups in total. The van der Waals surface area contributed by atoms with Crippen LogP contribution in [-0.4, -0.2) is 17.7 Å². The summed E-state index contributed by atoms with van der Waals surface area (Å²) in [4.78, 5) is 40.6. The van der Waals surface area contributed by atoms with E-state index in [1.165, 1.54) is 6.92 Å². The largest absolute Gasteiger partial charge is 0.338 e. The highest BCUT2D eigenvalue weighted by Crippen LogP contribution is 2.43. The van der Waals surface area contributed by atoms with Crippen LogP contribution < -0.4 is 15.5 Å². The summed E-state index contributed by atoms with van der Waals surface area (Å²) in [5.74, 6) is -1.05. The van der Waals surface area contributed by atoms with Gasteiger partial charge in [-0.05, 0) is 30.7 Å². The SMILES string of the molecule is CC(=O)N[C@]1(CC(=O)Nc2ccc(C)cc2)C(=O)N(Cc2ccccc2)c2ccccc21. The topological polar surface area (TPSA) is 78.5 Å². The lowest BCUT2D eigenvalue weighted by atomic mass is 9.87. The fourth-order valence-electron chi connectivity index (χ4n) is 4.17. The van der Waals surface area contributed by atoms with Gasteiger partial charge in [0.1, 0.15) is 0 Å². The standard InChI is InChI=1S/C26H25N3O3/c1-18-12-14-21(15-13-18)27-24(31)16-26(28-19(2)30)22-10-6-7-11-23(22)29(25(26)32)17-20-8-4-3-5-9-20/h3-15H,16-17H2,1-2H3,(H,27,31)(H,28,30)/t26-/m0/s1. The van der Waals surface area contributed by atoms with E-state index < -0.39 is 5.54 Å². The van der Waals surface area contributed by atoms with Crippen molar-refractivity contribution in [3.63, 3.8) is 0 Å². The van der Waals surface area contributed by atoms with Gasteiger partial charge in [-0.15, -0.1) is 0 Å². The lowest BCUT2D eigenvalue weighted by molar-refractivity contribution is -0.133. The number of nitrogens with one attached hydrogen (secondary N) is 2. The number of anilines is 2. The number of carbonyl (C=O) groups is 3. The summed E-state index contributed by atoms with van der Waals surface area (Å²) in [7, 11) is 0. The van der Waals surface area contributed by atoms with Crippen molar-refractivity contribution >= 4 is 29.1 Å². The van der Waals surface area contributed by atoms with Crippen molar-refractivity contribution in [2.45, 2.75) is 32.4 Å². The van der Waals surface area contributed by atoms with Crippen LogP contribution >= 0.6 is 0 Å². The van der Waals surface area contributed by atoms with E-state index in [0.29, 0.717) is 23.5 Å². The zero-order valence-electron chi connectivity index (χ0n) is 18.1. The van der Waals surface area contributed by atoms with Crippen LogP contribution in [0.25, 0.3) is 0 Å². The van der Waals surface area contributed by atoms with E-state index in [4.69, 9.17) is 0 Å². The normalized spacial score (nSPS) is 17.1. The van der Waals surface area contributed by atoms with Crippen LogP contribution in [0.5, 0.6) is 0 Å². The molecule has 1 aliphatic heterocycles. The summed E-state index contributed by atoms with van der Waals surface area (Å²) in [6.45, 7) is 3.67. The quantitative estimate of drug-likeness (QED) is 0.626. The van der Waals surface area contributed by atoms with Crippen LogP contribution in [-0.2, 0) is 26.5 Å². The van der Waals surface area contributed by atoms with Gasteiger partial charge in [0.05, 0.1) is 18.7 Å². The van der Waals surface area contributed by atoms with Gasteiger partial charge in [0.15, 0.2) is 5.54 Å². The number of fused-ring (bicyclic) bond motifs is 1. The molecule has 0 bridgehead atoms. The minimum absolute atomic E-state index is 0.207. The van der Waals surface area contributed by atoms with Gasteiger partial charge in [0, 0.05) is 18.2 Å². The molecule has 0 saturated heterocycles. The van der Waals surface area contributed by atoms with Gasteiger partial charge in [0.2, 0.25) is 11.8 Å². The molecule has 1 aliphatic rings. The third-order valence-electron chi connectivity index (χ3n) is 5.60. The Morgan fingerprint density at radius 3 is 2.25 bits per heavy atom. The molecule has 0 unspecified atom stereocenters. The van der Waals surface area contributed by atoms with Crippen molar-refractivity contribution in [1.29, 1.82) is 0 Å². The number of benzene rings is 3. The van der Waals surface area contributed by atoms with E-state index in [2.05, 4.69) is 10.6 Å². The van der Waals surface area contributed by atoms with Gasteiger partial charge in [0.25, 0.3) is 5.91 Å². The number of nitrogens with zero attached hydrogens (tertiary/aromatic N) is 1. The molecule has 0 spiro atoms. The number of hydrogen-bond acceptors (Lipinski definition) is 3. The molecule has 32 heavy (non-hydrogen) atoms. The maximum Gasteiger partial charge on any atom is 0.258 e. The van der Waals surface area contributed by atoms with E-state index in [-0.39, 0.29) is 24.1 Å². The third kappa shape index (κ3) is 4.12. The Hall–Kier alpha value is -3.93. The van der Waals surface area contributed by atoms with Crippen LogP contribution in [0.15, 0.2) is 78.9 Å². The molecule has 1 heterocycles. The predicted molar refractivity (Wildman–Crippen MR) is 124 cm³/mol. The molecule has 6 nitrogen and oxygen atoms in total. The second-order valence-corrected chi connectivity index (χ2v) is 8.07. The summed E-state index contributed by atoms with van der Waals surface area (Å²) in [5.41, 5.74) is 2.52. The van der Waals surface area contributed by atoms with E-state index in [1.54, 1.807) is 11.0 Å². The van der Waals surface area contributed by atoms with Crippen molar-refractivity contribution in [3.05, 3.63) is 95.6 Å². The molecule has 0 saturated carbocycles. The lowest BCUT2D eigenvalue weighted by Crippen LogP contribution is -2.54. The maximum absolute atomic E-state index is 13.8. The molecule has 0 aliphatic carbocycles. The van der Waals surface area contributed by atoms with Gasteiger partial charge in [-0.3, -0.25) is 14.4 Å². The Balaban J connectivity index is 1.69. The second kappa shape index (κ2) is 8.67. The molecule has 3 amide bonds.